The van der Waals surface area contributed by atoms with Gasteiger partial charge in [0.15, 0.2) is 0 Å². The van der Waals surface area contributed by atoms with Crippen LogP contribution in [0.4, 0.5) is 0 Å². The smallest absolute Gasteiger partial charge is 0.273 e. The van der Waals surface area contributed by atoms with Crippen LogP contribution in [0.5, 0.6) is 0 Å². The summed E-state index contributed by atoms with van der Waals surface area (Å²) in [6, 6.07) is 9.31. The normalized spacial score (nSPS) is 10.1. The topological polar surface area (TPSA) is 0 Å². The molecule has 1 aliphatic carbocycles. The Morgan fingerprint density at radius 3 is 1.81 bits per heavy atom. The second kappa shape index (κ2) is 13.1. The van der Waals surface area contributed by atoms with Crippen molar-refractivity contribution in [1.29, 1.82) is 0 Å². The number of hydrogen-bond donors (Lipinski definition) is 0. The molecule has 0 aliphatic heterocycles. The number of allylic oxidation sites excluding steroid dienone is 4. The van der Waals surface area contributed by atoms with Crippen LogP contribution >= 0.6 is 24.8 Å². The molecule has 0 aromatic heterocycles. The summed E-state index contributed by atoms with van der Waals surface area (Å²) in [5, 5.41) is 0. The first kappa shape index (κ1) is 21.3. The average molecular weight is 291 g/mol. The third-order valence-electron chi connectivity index (χ3n) is 1.67. The molecule has 0 fully saturated rings. The molecule has 0 unspecified atom stereocenters. The molecule has 0 saturated heterocycles. The van der Waals surface area contributed by atoms with Gasteiger partial charge in [-0.15, -0.1) is 31.2 Å². The van der Waals surface area contributed by atoms with E-state index in [4.69, 9.17) is 0 Å². The molecule has 86 valence electrons. The molecule has 0 spiro atoms. The van der Waals surface area contributed by atoms with E-state index in [0.717, 1.165) is 6.42 Å². The molecule has 1 aromatic carbocycles. The molecule has 1 aliphatic rings. The van der Waals surface area contributed by atoms with Crippen LogP contribution in [-0.4, -0.2) is 0 Å². The van der Waals surface area contributed by atoms with Crippen molar-refractivity contribution in [2.45, 2.75) is 20.3 Å². The Hall–Kier alpha value is -0.00571. The van der Waals surface area contributed by atoms with Crippen molar-refractivity contribution in [1.82, 2.24) is 0 Å². The van der Waals surface area contributed by atoms with E-state index in [-0.39, 0.29) is 46.5 Å². The van der Waals surface area contributed by atoms with E-state index in [1.54, 1.807) is 0 Å². The van der Waals surface area contributed by atoms with Crippen molar-refractivity contribution < 1.29 is 21.7 Å². The SMILES string of the molecule is Cc1[c-]c(C)ccc1.Cl.Cl.[C-]1=CC=CC1.[Ti+2]. The molecule has 0 atom stereocenters. The first-order chi connectivity index (χ1) is 6.29. The van der Waals surface area contributed by atoms with Crippen LogP contribution in [0.3, 0.4) is 0 Å². The van der Waals surface area contributed by atoms with Crippen LogP contribution < -0.4 is 0 Å². The predicted octanol–water partition coefficient (Wildman–Crippen LogP) is 4.25. The quantitative estimate of drug-likeness (QED) is 0.495. The van der Waals surface area contributed by atoms with Gasteiger partial charge in [-0.25, -0.2) is 12.2 Å². The summed E-state index contributed by atoms with van der Waals surface area (Å²) in [6.07, 6.45) is 10.0. The molecule has 0 radical (unpaired) electrons. The molecule has 0 heterocycles. The van der Waals surface area contributed by atoms with Crippen molar-refractivity contribution in [2.24, 2.45) is 0 Å². The van der Waals surface area contributed by atoms with Gasteiger partial charge in [0, 0.05) is 0 Å². The van der Waals surface area contributed by atoms with E-state index in [1.165, 1.54) is 11.1 Å². The first-order valence-electron chi connectivity index (χ1n) is 4.46. The number of halogens is 2. The zero-order valence-electron chi connectivity index (χ0n) is 9.49. The molecular weight excluding hydrogens is 275 g/mol. The Kier molecular flexibility index (Phi) is 17.4. The Morgan fingerprint density at radius 1 is 1.06 bits per heavy atom. The standard InChI is InChI=1S/C8H9.C5H5.2ClH.Ti/c1-7-4-3-5-8(2)6-7;1-2-4-5-3-1;;;/h3-5H,1-2H3;1-3H,4H2;2*1H;/q2*-1;;;+2. The van der Waals surface area contributed by atoms with E-state index >= 15 is 0 Å². The summed E-state index contributed by atoms with van der Waals surface area (Å²) in [7, 11) is 0. The summed E-state index contributed by atoms with van der Waals surface area (Å²) in [5.41, 5.74) is 2.43. The van der Waals surface area contributed by atoms with Crippen LogP contribution in [0.1, 0.15) is 17.5 Å². The van der Waals surface area contributed by atoms with Gasteiger partial charge >= 0.3 is 21.7 Å². The van der Waals surface area contributed by atoms with E-state index in [9.17, 15) is 0 Å². The van der Waals surface area contributed by atoms with Gasteiger partial charge < -0.3 is 0 Å². The van der Waals surface area contributed by atoms with Gasteiger partial charge in [0.2, 0.25) is 0 Å². The summed E-state index contributed by atoms with van der Waals surface area (Å²) in [5.74, 6) is 0. The molecule has 16 heavy (non-hydrogen) atoms. The van der Waals surface area contributed by atoms with Crippen LogP contribution in [-0.2, 0) is 21.7 Å². The first-order valence-corrected chi connectivity index (χ1v) is 4.46. The van der Waals surface area contributed by atoms with Crippen LogP contribution in [0, 0.1) is 26.0 Å². The second-order valence-corrected chi connectivity index (χ2v) is 3.02. The van der Waals surface area contributed by atoms with Gasteiger partial charge in [-0.1, -0.05) is 13.8 Å². The summed E-state index contributed by atoms with van der Waals surface area (Å²) in [4.78, 5) is 0. The minimum absolute atomic E-state index is 0. The zero-order chi connectivity index (χ0) is 9.52. The second-order valence-electron chi connectivity index (χ2n) is 3.02. The van der Waals surface area contributed by atoms with Crippen molar-refractivity contribution in [3.8, 4) is 0 Å². The molecular formula is C13H16Cl2Ti. The Balaban J connectivity index is -0.000000189. The maximum atomic E-state index is 3.17. The molecule has 0 saturated carbocycles. The molecule has 0 bridgehead atoms. The minimum atomic E-state index is 0. The average Bonchev–Trinajstić information content (AvgIpc) is 2.59. The number of hydrogen-bond acceptors (Lipinski definition) is 0. The predicted molar refractivity (Wildman–Crippen MR) is 70.8 cm³/mol. The van der Waals surface area contributed by atoms with Crippen LogP contribution in [0.25, 0.3) is 0 Å². The van der Waals surface area contributed by atoms with Gasteiger partial charge in [-0.2, -0.15) is 41.5 Å². The molecule has 0 N–H and O–H groups in total. The number of rotatable bonds is 0. The van der Waals surface area contributed by atoms with E-state index < -0.39 is 0 Å². The third-order valence-corrected chi connectivity index (χ3v) is 1.67. The maximum absolute atomic E-state index is 3.17. The van der Waals surface area contributed by atoms with Gasteiger partial charge in [0.25, 0.3) is 0 Å². The number of benzene rings is 1. The van der Waals surface area contributed by atoms with E-state index in [0.29, 0.717) is 0 Å². The van der Waals surface area contributed by atoms with Gasteiger partial charge in [-0.05, 0) is 0 Å². The van der Waals surface area contributed by atoms with Gasteiger partial charge in [0.05, 0.1) is 0 Å². The van der Waals surface area contributed by atoms with Gasteiger partial charge in [-0.3, -0.25) is 6.08 Å². The summed E-state index contributed by atoms with van der Waals surface area (Å²) >= 11 is 0. The molecule has 1 aromatic rings. The molecule has 0 nitrogen and oxygen atoms in total. The van der Waals surface area contributed by atoms with E-state index in [2.05, 4.69) is 18.2 Å². The Labute approximate surface area is 126 Å². The fourth-order valence-corrected chi connectivity index (χ4v) is 1.07. The molecule has 2 rings (SSSR count). The largest absolute Gasteiger partial charge is 2.00 e. The molecule has 3 heteroatoms. The third kappa shape index (κ3) is 10.5. The van der Waals surface area contributed by atoms with Crippen molar-refractivity contribution in [3.63, 3.8) is 0 Å². The van der Waals surface area contributed by atoms with Crippen LogP contribution in [0.15, 0.2) is 36.4 Å². The Morgan fingerprint density at radius 2 is 1.62 bits per heavy atom. The van der Waals surface area contributed by atoms with Gasteiger partial charge in [0.1, 0.15) is 0 Å². The summed E-state index contributed by atoms with van der Waals surface area (Å²) in [6.45, 7) is 4.10. The molecule has 0 amide bonds. The van der Waals surface area contributed by atoms with Crippen molar-refractivity contribution >= 4 is 24.8 Å². The van der Waals surface area contributed by atoms with Crippen molar-refractivity contribution in [3.05, 3.63) is 59.7 Å². The monoisotopic (exact) mass is 290 g/mol. The fraction of sp³-hybridized carbons (Fsp3) is 0.231. The van der Waals surface area contributed by atoms with Crippen LogP contribution in [0.2, 0.25) is 0 Å². The fourth-order valence-electron chi connectivity index (χ4n) is 1.07. The van der Waals surface area contributed by atoms with Crippen molar-refractivity contribution in [2.75, 3.05) is 0 Å². The maximum Gasteiger partial charge on any atom is 2.00 e. The summed E-state index contributed by atoms with van der Waals surface area (Å²) < 4.78 is 0. The number of aryl methyl sites for hydroxylation is 2. The zero-order valence-corrected chi connectivity index (χ0v) is 12.7. The van der Waals surface area contributed by atoms with E-state index in [1.807, 2.05) is 44.2 Å². The minimum Gasteiger partial charge on any atom is -0.273 e. The Bertz CT molecular complexity index is 292.